The number of hydrogen-bond acceptors (Lipinski definition) is 10. The monoisotopic (exact) mass is 534 g/mol. The zero-order valence-electron chi connectivity index (χ0n) is 20.8. The van der Waals surface area contributed by atoms with Gasteiger partial charge in [-0.25, -0.2) is 0 Å². The molecule has 2 unspecified atom stereocenters. The molecule has 1 N–H and O–H groups in total. The maximum Gasteiger partial charge on any atom is 0.302 e. The Morgan fingerprint density at radius 1 is 1.16 bits per heavy atom. The predicted molar refractivity (Wildman–Crippen MR) is 133 cm³/mol. The van der Waals surface area contributed by atoms with Crippen LogP contribution in [0.2, 0.25) is 5.02 Å². The van der Waals surface area contributed by atoms with E-state index in [2.05, 4.69) is 0 Å². The lowest BCUT2D eigenvalue weighted by Crippen LogP contribution is -2.34. The van der Waals surface area contributed by atoms with Gasteiger partial charge in [0.05, 0.1) is 36.6 Å². The SMILES string of the molecule is COc1cc(OC)c(C2CCN(C)C2COC(C)=O)c(O)c1C(=O)CC(=O)c1ccc([N+](=O)[O-])cc1Cl. The number of phenolic OH excluding ortho intramolecular Hbond substituents is 1. The summed E-state index contributed by atoms with van der Waals surface area (Å²) in [5.41, 5.74) is -0.220. The van der Waals surface area contributed by atoms with Gasteiger partial charge in [0.1, 0.15) is 29.4 Å². The number of rotatable bonds is 10. The van der Waals surface area contributed by atoms with Crippen LogP contribution in [-0.4, -0.2) is 72.9 Å². The molecule has 198 valence electrons. The number of ether oxygens (including phenoxy) is 3. The average molecular weight is 535 g/mol. The molecule has 0 radical (unpaired) electrons. The predicted octanol–water partition coefficient (Wildman–Crippen LogP) is 3.78. The normalized spacial score (nSPS) is 17.3. The number of methoxy groups -OCH3 is 2. The standard InChI is InChI=1S/C25H27ClN2O9/c1-13(29)37-12-18-16(7-8-27(18)2)23-21(35-3)11-22(36-4)24(25(23)32)20(31)10-19(30)15-6-5-14(28(33)34)9-17(15)26/h5-6,9,11,16,18,32H,7-8,10,12H2,1-4H3. The van der Waals surface area contributed by atoms with E-state index >= 15 is 0 Å². The Morgan fingerprint density at radius 3 is 2.41 bits per heavy atom. The van der Waals surface area contributed by atoms with Crippen LogP contribution in [0, 0.1) is 10.1 Å². The highest BCUT2D eigenvalue weighted by Gasteiger charge is 2.39. The van der Waals surface area contributed by atoms with Crippen LogP contribution in [0.4, 0.5) is 5.69 Å². The van der Waals surface area contributed by atoms with Crippen LogP contribution in [0.3, 0.4) is 0 Å². The van der Waals surface area contributed by atoms with Crippen molar-refractivity contribution in [3.63, 3.8) is 0 Å². The fourth-order valence-electron chi connectivity index (χ4n) is 4.56. The minimum Gasteiger partial charge on any atom is -0.507 e. The molecule has 2 aromatic rings. The van der Waals surface area contributed by atoms with Gasteiger partial charge in [-0.2, -0.15) is 0 Å². The number of likely N-dealkylation sites (tertiary alicyclic amines) is 1. The lowest BCUT2D eigenvalue weighted by molar-refractivity contribution is -0.384. The summed E-state index contributed by atoms with van der Waals surface area (Å²) in [6.45, 7) is 2.03. The van der Waals surface area contributed by atoms with Gasteiger partial charge in [-0.1, -0.05) is 11.6 Å². The van der Waals surface area contributed by atoms with Gasteiger partial charge in [-0.05, 0) is 26.1 Å². The summed E-state index contributed by atoms with van der Waals surface area (Å²) in [6.07, 6.45) is -0.0850. The van der Waals surface area contributed by atoms with Crippen LogP contribution < -0.4 is 9.47 Å². The zero-order chi connectivity index (χ0) is 27.4. The molecule has 2 atom stereocenters. The molecule has 0 aliphatic carbocycles. The number of Topliss-reactive ketones (excluding diaryl/α,β-unsaturated/α-hetero) is 2. The number of carbonyl (C=O) groups is 3. The van der Waals surface area contributed by atoms with Crippen LogP contribution in [-0.2, 0) is 9.53 Å². The lowest BCUT2D eigenvalue weighted by atomic mass is 9.87. The van der Waals surface area contributed by atoms with E-state index in [9.17, 15) is 29.6 Å². The van der Waals surface area contributed by atoms with E-state index in [4.69, 9.17) is 25.8 Å². The number of non-ortho nitro benzene ring substituents is 1. The topological polar surface area (TPSA) is 146 Å². The second-order valence-corrected chi connectivity index (χ2v) is 9.02. The van der Waals surface area contributed by atoms with E-state index < -0.39 is 34.6 Å². The van der Waals surface area contributed by atoms with Crippen LogP contribution in [0.5, 0.6) is 17.2 Å². The van der Waals surface area contributed by atoms with E-state index in [0.717, 1.165) is 12.1 Å². The second kappa shape index (κ2) is 11.6. The summed E-state index contributed by atoms with van der Waals surface area (Å²) in [4.78, 5) is 49.9. The van der Waals surface area contributed by atoms with Gasteiger partial charge in [0, 0.05) is 42.2 Å². The summed E-state index contributed by atoms with van der Waals surface area (Å²) in [7, 11) is 4.59. The number of hydrogen-bond donors (Lipinski definition) is 1. The number of likely N-dealkylation sites (N-methyl/N-ethyl adjacent to an activating group) is 1. The number of nitro groups is 1. The highest BCUT2D eigenvalue weighted by Crippen LogP contribution is 2.47. The van der Waals surface area contributed by atoms with Crippen molar-refractivity contribution in [2.24, 2.45) is 0 Å². The van der Waals surface area contributed by atoms with Crippen molar-refractivity contribution >= 4 is 34.8 Å². The Labute approximate surface area is 218 Å². The van der Waals surface area contributed by atoms with E-state index in [-0.39, 0.29) is 51.9 Å². The van der Waals surface area contributed by atoms with Crippen molar-refractivity contribution in [3.05, 3.63) is 56.1 Å². The molecule has 0 aromatic heterocycles. The number of phenols is 1. The molecule has 1 aliphatic rings. The Hall–Kier alpha value is -3.70. The van der Waals surface area contributed by atoms with E-state index in [0.29, 0.717) is 18.5 Å². The van der Waals surface area contributed by atoms with Gasteiger partial charge < -0.3 is 19.3 Å². The van der Waals surface area contributed by atoms with Gasteiger partial charge in [-0.3, -0.25) is 29.4 Å². The molecule has 12 heteroatoms. The van der Waals surface area contributed by atoms with Gasteiger partial charge in [0.25, 0.3) is 5.69 Å². The van der Waals surface area contributed by atoms with E-state index in [1.165, 1.54) is 33.3 Å². The molecule has 11 nitrogen and oxygen atoms in total. The Bertz CT molecular complexity index is 1250. The highest BCUT2D eigenvalue weighted by molar-refractivity contribution is 6.35. The minimum atomic E-state index is -0.736. The number of benzene rings is 2. The Balaban J connectivity index is 2.00. The summed E-state index contributed by atoms with van der Waals surface area (Å²) in [5.74, 6) is -2.31. The summed E-state index contributed by atoms with van der Waals surface area (Å²) in [5, 5.41) is 22.1. The molecule has 1 heterocycles. The quantitative estimate of drug-likeness (QED) is 0.157. The molecular weight excluding hydrogens is 508 g/mol. The third-order valence-electron chi connectivity index (χ3n) is 6.42. The number of carbonyl (C=O) groups excluding carboxylic acids is 3. The Morgan fingerprint density at radius 2 is 1.84 bits per heavy atom. The fraction of sp³-hybridized carbons (Fsp3) is 0.400. The smallest absolute Gasteiger partial charge is 0.302 e. The first-order valence-corrected chi connectivity index (χ1v) is 11.7. The van der Waals surface area contributed by atoms with Crippen molar-refractivity contribution in [2.75, 3.05) is 34.4 Å². The third-order valence-corrected chi connectivity index (χ3v) is 6.73. The van der Waals surface area contributed by atoms with Crippen LogP contribution >= 0.6 is 11.6 Å². The molecule has 3 rings (SSSR count). The Kier molecular flexibility index (Phi) is 8.72. The molecule has 0 spiro atoms. The maximum absolute atomic E-state index is 13.3. The van der Waals surface area contributed by atoms with Crippen LogP contribution in [0.25, 0.3) is 0 Å². The van der Waals surface area contributed by atoms with E-state index in [1.807, 2.05) is 11.9 Å². The highest BCUT2D eigenvalue weighted by atomic mass is 35.5. The number of esters is 1. The maximum atomic E-state index is 13.3. The van der Waals surface area contributed by atoms with Crippen molar-refractivity contribution in [2.45, 2.75) is 31.7 Å². The molecule has 0 saturated carbocycles. The molecule has 1 saturated heterocycles. The number of nitro benzene ring substituents is 1. The minimum absolute atomic E-state index is 0.00795. The first-order valence-electron chi connectivity index (χ1n) is 11.3. The second-order valence-electron chi connectivity index (χ2n) is 8.61. The number of nitrogens with zero attached hydrogens (tertiary/aromatic N) is 2. The number of halogens is 1. The van der Waals surface area contributed by atoms with E-state index in [1.54, 1.807) is 0 Å². The number of aromatic hydroxyl groups is 1. The van der Waals surface area contributed by atoms with Gasteiger partial charge in [0.15, 0.2) is 11.6 Å². The summed E-state index contributed by atoms with van der Waals surface area (Å²) in [6, 6.07) is 4.50. The first-order chi connectivity index (χ1) is 17.5. The molecule has 1 fully saturated rings. The zero-order valence-corrected chi connectivity index (χ0v) is 21.5. The molecule has 1 aliphatic heterocycles. The fourth-order valence-corrected chi connectivity index (χ4v) is 4.84. The molecule has 2 aromatic carbocycles. The summed E-state index contributed by atoms with van der Waals surface area (Å²) >= 11 is 6.05. The molecule has 37 heavy (non-hydrogen) atoms. The molecular formula is C25H27ClN2O9. The summed E-state index contributed by atoms with van der Waals surface area (Å²) < 4.78 is 16.1. The van der Waals surface area contributed by atoms with Crippen LogP contribution in [0.1, 0.15) is 52.0 Å². The van der Waals surface area contributed by atoms with Crippen molar-refractivity contribution in [1.82, 2.24) is 4.90 Å². The molecule has 0 bridgehead atoms. The van der Waals surface area contributed by atoms with Crippen molar-refractivity contribution in [1.29, 1.82) is 0 Å². The third kappa shape index (κ3) is 5.83. The van der Waals surface area contributed by atoms with Crippen LogP contribution in [0.15, 0.2) is 24.3 Å². The van der Waals surface area contributed by atoms with Crippen molar-refractivity contribution < 1.29 is 38.6 Å². The lowest BCUT2D eigenvalue weighted by Gasteiger charge is -2.27. The van der Waals surface area contributed by atoms with Crippen molar-refractivity contribution in [3.8, 4) is 17.2 Å². The van der Waals surface area contributed by atoms with Gasteiger partial charge >= 0.3 is 5.97 Å². The largest absolute Gasteiger partial charge is 0.507 e. The molecule has 0 amide bonds. The number of ketones is 2. The average Bonchev–Trinajstić information content (AvgIpc) is 3.20. The first kappa shape index (κ1) is 27.9. The van der Waals surface area contributed by atoms with Gasteiger partial charge in [-0.15, -0.1) is 0 Å². The van der Waals surface area contributed by atoms with Gasteiger partial charge in [0.2, 0.25) is 0 Å².